The molecule has 0 radical (unpaired) electrons. The molecule has 1 aromatic carbocycles. The van der Waals surface area contributed by atoms with Crippen LogP contribution in [0.4, 0.5) is 0 Å². The first kappa shape index (κ1) is 15.8. The first-order valence-electron chi connectivity index (χ1n) is 5.29. The van der Waals surface area contributed by atoms with E-state index in [1.165, 1.54) is 12.1 Å². The zero-order valence-electron chi connectivity index (χ0n) is 10.0. The van der Waals surface area contributed by atoms with Gasteiger partial charge in [0.15, 0.2) is 0 Å². The summed E-state index contributed by atoms with van der Waals surface area (Å²) in [7, 11) is 1.52. The van der Waals surface area contributed by atoms with Crippen LogP contribution in [0.15, 0.2) is 27.6 Å². The van der Waals surface area contributed by atoms with E-state index in [2.05, 4.69) is 15.9 Å². The van der Waals surface area contributed by atoms with Gasteiger partial charge in [-0.25, -0.2) is 8.42 Å². The van der Waals surface area contributed by atoms with Gasteiger partial charge in [-0.1, -0.05) is 0 Å². The van der Waals surface area contributed by atoms with Gasteiger partial charge in [0, 0.05) is 10.7 Å². The minimum absolute atomic E-state index is 0.0295. The molecule has 0 bridgehead atoms. The van der Waals surface area contributed by atoms with Crippen molar-refractivity contribution < 1.29 is 17.9 Å². The molecule has 0 atom stereocenters. The SMILES string of the molecule is CC(C)OCCOc1ccc(S(=O)(=O)Cl)cc1Br. The van der Waals surface area contributed by atoms with Gasteiger partial charge in [0.25, 0.3) is 9.05 Å². The summed E-state index contributed by atoms with van der Waals surface area (Å²) in [6, 6.07) is 4.35. The molecule has 1 rings (SSSR count). The Morgan fingerprint density at radius 2 is 2.00 bits per heavy atom. The van der Waals surface area contributed by atoms with Crippen LogP contribution in [0.25, 0.3) is 0 Å². The molecule has 0 amide bonds. The van der Waals surface area contributed by atoms with Crippen LogP contribution in [0.3, 0.4) is 0 Å². The van der Waals surface area contributed by atoms with Crippen molar-refractivity contribution in [2.45, 2.75) is 24.8 Å². The molecule has 0 heterocycles. The van der Waals surface area contributed by atoms with E-state index in [9.17, 15) is 8.42 Å². The number of hydrogen-bond donors (Lipinski definition) is 0. The van der Waals surface area contributed by atoms with Crippen LogP contribution >= 0.6 is 26.6 Å². The fourth-order valence-corrected chi connectivity index (χ4v) is 2.61. The highest BCUT2D eigenvalue weighted by molar-refractivity contribution is 9.10. The molecule has 4 nitrogen and oxygen atoms in total. The summed E-state index contributed by atoms with van der Waals surface area (Å²) in [5.41, 5.74) is 0. The van der Waals surface area contributed by atoms with Gasteiger partial charge < -0.3 is 9.47 Å². The maximum Gasteiger partial charge on any atom is 0.261 e. The maximum absolute atomic E-state index is 11.1. The summed E-state index contributed by atoms with van der Waals surface area (Å²) < 4.78 is 33.5. The third kappa shape index (κ3) is 5.14. The molecular weight excluding hydrogens is 344 g/mol. The van der Waals surface area contributed by atoms with Crippen LogP contribution < -0.4 is 4.74 Å². The summed E-state index contributed by atoms with van der Waals surface area (Å²) >= 11 is 3.23. The number of rotatable bonds is 6. The van der Waals surface area contributed by atoms with Crippen LogP contribution in [0, 0.1) is 0 Å². The number of ether oxygens (including phenoxy) is 2. The van der Waals surface area contributed by atoms with E-state index in [1.54, 1.807) is 6.07 Å². The predicted octanol–water partition coefficient (Wildman–Crippen LogP) is 3.18. The Kier molecular flexibility index (Phi) is 5.91. The average molecular weight is 358 g/mol. The van der Waals surface area contributed by atoms with E-state index in [0.29, 0.717) is 23.4 Å². The number of hydrogen-bond acceptors (Lipinski definition) is 4. The quantitative estimate of drug-likeness (QED) is 0.579. The Hall–Kier alpha value is -0.300. The Morgan fingerprint density at radius 3 is 2.50 bits per heavy atom. The summed E-state index contributed by atoms with van der Waals surface area (Å²) in [6.45, 7) is 4.75. The second-order valence-corrected chi connectivity index (χ2v) is 7.22. The number of benzene rings is 1. The van der Waals surface area contributed by atoms with Crippen molar-refractivity contribution in [3.8, 4) is 5.75 Å². The number of halogens is 2. The molecule has 0 aliphatic carbocycles. The molecule has 0 unspecified atom stereocenters. The molecule has 102 valence electrons. The van der Waals surface area contributed by atoms with Crippen molar-refractivity contribution in [3.63, 3.8) is 0 Å². The van der Waals surface area contributed by atoms with Crippen molar-refractivity contribution in [3.05, 3.63) is 22.7 Å². The van der Waals surface area contributed by atoms with Gasteiger partial charge in [-0.15, -0.1) is 0 Å². The first-order valence-corrected chi connectivity index (χ1v) is 8.39. The third-order valence-corrected chi connectivity index (χ3v) is 3.95. The largest absolute Gasteiger partial charge is 0.490 e. The summed E-state index contributed by atoms with van der Waals surface area (Å²) in [6.07, 6.45) is 0.154. The van der Waals surface area contributed by atoms with E-state index in [0.717, 1.165) is 0 Å². The molecule has 0 saturated heterocycles. The summed E-state index contributed by atoms with van der Waals surface area (Å²) in [4.78, 5) is 0.0295. The normalized spacial score (nSPS) is 11.8. The second kappa shape index (κ2) is 6.75. The van der Waals surface area contributed by atoms with Gasteiger partial charge in [0.05, 0.1) is 22.1 Å². The highest BCUT2D eigenvalue weighted by Crippen LogP contribution is 2.29. The van der Waals surface area contributed by atoms with Gasteiger partial charge >= 0.3 is 0 Å². The van der Waals surface area contributed by atoms with Gasteiger partial charge in [-0.05, 0) is 48.0 Å². The molecule has 0 saturated carbocycles. The Balaban J connectivity index is 2.64. The van der Waals surface area contributed by atoms with Crippen LogP contribution in [0.1, 0.15) is 13.8 Å². The fourth-order valence-electron chi connectivity index (χ4n) is 1.19. The molecule has 0 aliphatic rings. The molecule has 0 aliphatic heterocycles. The van der Waals surface area contributed by atoms with E-state index >= 15 is 0 Å². The first-order chi connectivity index (χ1) is 8.30. The maximum atomic E-state index is 11.1. The van der Waals surface area contributed by atoms with Crippen LogP contribution in [-0.4, -0.2) is 27.7 Å². The highest BCUT2D eigenvalue weighted by atomic mass is 79.9. The molecule has 0 spiro atoms. The zero-order chi connectivity index (χ0) is 13.8. The topological polar surface area (TPSA) is 52.6 Å². The second-order valence-electron chi connectivity index (χ2n) is 3.80. The van der Waals surface area contributed by atoms with Crippen molar-refractivity contribution in [2.75, 3.05) is 13.2 Å². The lowest BCUT2D eigenvalue weighted by Gasteiger charge is -2.10. The van der Waals surface area contributed by atoms with E-state index in [4.69, 9.17) is 20.2 Å². The van der Waals surface area contributed by atoms with Gasteiger partial charge in [-0.3, -0.25) is 0 Å². The van der Waals surface area contributed by atoms with E-state index in [-0.39, 0.29) is 11.0 Å². The summed E-state index contributed by atoms with van der Waals surface area (Å²) in [5.74, 6) is 0.548. The zero-order valence-corrected chi connectivity index (χ0v) is 13.2. The molecule has 1 aromatic rings. The lowest BCUT2D eigenvalue weighted by atomic mass is 10.3. The predicted molar refractivity (Wildman–Crippen MR) is 73.8 cm³/mol. The Bertz CT molecular complexity index is 502. The van der Waals surface area contributed by atoms with Gasteiger partial charge in [0.2, 0.25) is 0 Å². The van der Waals surface area contributed by atoms with Crippen molar-refractivity contribution in [1.82, 2.24) is 0 Å². The lowest BCUT2D eigenvalue weighted by molar-refractivity contribution is 0.0551. The highest BCUT2D eigenvalue weighted by Gasteiger charge is 2.12. The Labute approximate surface area is 120 Å². The smallest absolute Gasteiger partial charge is 0.261 e. The molecule has 0 fully saturated rings. The van der Waals surface area contributed by atoms with E-state index < -0.39 is 9.05 Å². The van der Waals surface area contributed by atoms with Gasteiger partial charge in [0.1, 0.15) is 12.4 Å². The molecule has 18 heavy (non-hydrogen) atoms. The van der Waals surface area contributed by atoms with Crippen molar-refractivity contribution in [2.24, 2.45) is 0 Å². The Morgan fingerprint density at radius 1 is 1.33 bits per heavy atom. The van der Waals surface area contributed by atoms with E-state index in [1.807, 2.05) is 13.8 Å². The molecular formula is C11H14BrClO4S. The molecule has 0 N–H and O–H groups in total. The standard InChI is InChI=1S/C11H14BrClO4S/c1-8(2)16-5-6-17-11-4-3-9(7-10(11)12)18(13,14)15/h3-4,7-8H,5-6H2,1-2H3. The molecule has 0 aromatic heterocycles. The van der Waals surface area contributed by atoms with Crippen LogP contribution in [-0.2, 0) is 13.8 Å². The van der Waals surface area contributed by atoms with Crippen LogP contribution in [0.5, 0.6) is 5.75 Å². The minimum atomic E-state index is -3.72. The summed E-state index contributed by atoms with van der Waals surface area (Å²) in [5, 5.41) is 0. The fraction of sp³-hybridized carbons (Fsp3) is 0.455. The lowest BCUT2D eigenvalue weighted by Crippen LogP contribution is -2.11. The third-order valence-electron chi connectivity index (χ3n) is 1.98. The molecule has 7 heteroatoms. The van der Waals surface area contributed by atoms with Crippen molar-refractivity contribution >= 4 is 35.7 Å². The minimum Gasteiger partial charge on any atom is -0.490 e. The van der Waals surface area contributed by atoms with Gasteiger partial charge in [-0.2, -0.15) is 0 Å². The van der Waals surface area contributed by atoms with Crippen LogP contribution in [0.2, 0.25) is 0 Å². The average Bonchev–Trinajstić information content (AvgIpc) is 2.24. The van der Waals surface area contributed by atoms with Crippen molar-refractivity contribution in [1.29, 1.82) is 0 Å². The monoisotopic (exact) mass is 356 g/mol.